The molecule has 1 aromatic rings. The lowest BCUT2D eigenvalue weighted by molar-refractivity contribution is 0.187. The van der Waals surface area contributed by atoms with Crippen LogP contribution in [0.15, 0.2) is 29.2 Å². The second-order valence-electron chi connectivity index (χ2n) is 6.14. The van der Waals surface area contributed by atoms with E-state index in [9.17, 15) is 8.42 Å². The number of piperidine rings is 1. The Balaban J connectivity index is 2.31. The minimum Gasteiger partial charge on any atom is -0.320 e. The van der Waals surface area contributed by atoms with Crippen molar-refractivity contribution in [2.75, 3.05) is 19.6 Å². The van der Waals surface area contributed by atoms with Crippen molar-refractivity contribution >= 4 is 10.0 Å². The van der Waals surface area contributed by atoms with E-state index in [1.165, 1.54) is 0 Å². The third-order valence-electron chi connectivity index (χ3n) is 3.67. The number of nitrogens with two attached hydrogens (primary N) is 1. The van der Waals surface area contributed by atoms with Gasteiger partial charge >= 0.3 is 0 Å². The molecule has 0 amide bonds. The van der Waals surface area contributed by atoms with Crippen LogP contribution in [0.25, 0.3) is 0 Å². The molecular weight excluding hydrogens is 284 g/mol. The van der Waals surface area contributed by atoms with E-state index < -0.39 is 10.0 Å². The maximum atomic E-state index is 12.8. The van der Waals surface area contributed by atoms with Crippen LogP contribution in [0.2, 0.25) is 0 Å². The number of hydrogen-bond acceptors (Lipinski definition) is 3. The minimum absolute atomic E-state index is 0.0300. The molecule has 2 N–H and O–H groups in total. The highest BCUT2D eigenvalue weighted by molar-refractivity contribution is 7.89. The highest BCUT2D eigenvalue weighted by Crippen LogP contribution is 2.31. The fraction of sp³-hybridized carbons (Fsp3) is 0.500. The number of hydrogen-bond donors (Lipinski definition) is 1. The summed E-state index contributed by atoms with van der Waals surface area (Å²) in [6, 6.07) is 6.77. The molecule has 0 radical (unpaired) electrons. The Labute approximate surface area is 127 Å². The zero-order valence-electron chi connectivity index (χ0n) is 12.6. The fourth-order valence-electron chi connectivity index (χ4n) is 2.61. The van der Waals surface area contributed by atoms with Crippen LogP contribution in [0.4, 0.5) is 0 Å². The quantitative estimate of drug-likeness (QED) is 0.848. The Morgan fingerprint density at radius 1 is 1.38 bits per heavy atom. The van der Waals surface area contributed by atoms with E-state index in [-0.39, 0.29) is 12.0 Å². The van der Waals surface area contributed by atoms with Gasteiger partial charge in [0.15, 0.2) is 0 Å². The molecule has 0 bridgehead atoms. The maximum Gasteiger partial charge on any atom is 0.243 e. The van der Waals surface area contributed by atoms with Crippen molar-refractivity contribution in [1.82, 2.24) is 4.31 Å². The summed E-state index contributed by atoms with van der Waals surface area (Å²) in [7, 11) is -3.45. The van der Waals surface area contributed by atoms with Crippen LogP contribution in [0.1, 0.15) is 32.3 Å². The molecule has 2 rings (SSSR count). The van der Waals surface area contributed by atoms with Gasteiger partial charge in [0.2, 0.25) is 10.0 Å². The Morgan fingerprint density at radius 2 is 2.14 bits per heavy atom. The molecule has 4 nitrogen and oxygen atoms in total. The average Bonchev–Trinajstić information content (AvgIpc) is 2.44. The topological polar surface area (TPSA) is 63.4 Å². The molecule has 1 aromatic carbocycles. The molecular formula is C16H22N2O2S. The maximum absolute atomic E-state index is 12.8. The summed E-state index contributed by atoms with van der Waals surface area (Å²) in [5.41, 5.74) is 6.06. The summed E-state index contributed by atoms with van der Waals surface area (Å²) in [5, 5.41) is 0. The predicted octanol–water partition coefficient (Wildman–Crippen LogP) is 1.81. The molecule has 1 aliphatic rings. The van der Waals surface area contributed by atoms with Gasteiger partial charge < -0.3 is 5.73 Å². The van der Waals surface area contributed by atoms with Gasteiger partial charge in [-0.1, -0.05) is 31.8 Å². The molecule has 0 atom stereocenters. The first-order valence-electron chi connectivity index (χ1n) is 7.14. The number of sulfonamides is 1. The lowest BCUT2D eigenvalue weighted by Crippen LogP contribution is -2.43. The van der Waals surface area contributed by atoms with Crippen molar-refractivity contribution in [3.05, 3.63) is 29.8 Å². The van der Waals surface area contributed by atoms with Gasteiger partial charge in [-0.2, -0.15) is 4.31 Å². The molecule has 5 heteroatoms. The van der Waals surface area contributed by atoms with Gasteiger partial charge in [0, 0.05) is 18.7 Å². The zero-order valence-corrected chi connectivity index (χ0v) is 13.4. The highest BCUT2D eigenvalue weighted by Gasteiger charge is 2.34. The van der Waals surface area contributed by atoms with Crippen molar-refractivity contribution in [1.29, 1.82) is 0 Å². The first-order chi connectivity index (χ1) is 9.85. The molecule has 0 aliphatic carbocycles. The van der Waals surface area contributed by atoms with E-state index in [0.717, 1.165) is 12.8 Å². The first-order valence-corrected chi connectivity index (χ1v) is 8.58. The predicted molar refractivity (Wildman–Crippen MR) is 84.1 cm³/mol. The van der Waals surface area contributed by atoms with Crippen molar-refractivity contribution < 1.29 is 8.42 Å². The minimum atomic E-state index is -3.45. The van der Waals surface area contributed by atoms with E-state index in [0.29, 0.717) is 23.5 Å². The van der Waals surface area contributed by atoms with Crippen LogP contribution in [-0.4, -0.2) is 32.4 Å². The number of nitrogens with zero attached hydrogens (tertiary/aromatic N) is 1. The fourth-order valence-corrected chi connectivity index (χ4v) is 4.32. The van der Waals surface area contributed by atoms with E-state index in [1.54, 1.807) is 28.6 Å². The van der Waals surface area contributed by atoms with Gasteiger partial charge in [0.25, 0.3) is 0 Å². The molecule has 0 spiro atoms. The summed E-state index contributed by atoms with van der Waals surface area (Å²) in [6.45, 7) is 5.63. The molecule has 0 saturated carbocycles. The lowest BCUT2D eigenvalue weighted by atomic mass is 9.85. The van der Waals surface area contributed by atoms with Crippen molar-refractivity contribution in [2.24, 2.45) is 11.1 Å². The van der Waals surface area contributed by atoms with Gasteiger partial charge in [0.1, 0.15) is 0 Å². The molecule has 1 aliphatic heterocycles. The van der Waals surface area contributed by atoms with E-state index in [4.69, 9.17) is 5.73 Å². The Morgan fingerprint density at radius 3 is 2.81 bits per heavy atom. The largest absolute Gasteiger partial charge is 0.320 e. The molecule has 0 aromatic heterocycles. The normalized spacial score (nSPS) is 18.8. The molecule has 21 heavy (non-hydrogen) atoms. The molecule has 114 valence electrons. The summed E-state index contributed by atoms with van der Waals surface area (Å²) >= 11 is 0. The van der Waals surface area contributed by atoms with Crippen molar-refractivity contribution in [2.45, 2.75) is 31.6 Å². The number of benzene rings is 1. The van der Waals surface area contributed by atoms with Gasteiger partial charge in [-0.15, -0.1) is 0 Å². The average molecular weight is 306 g/mol. The number of rotatable bonds is 2. The molecule has 0 unspecified atom stereocenters. The van der Waals surface area contributed by atoms with Crippen LogP contribution in [-0.2, 0) is 10.0 Å². The second kappa shape index (κ2) is 6.18. The highest BCUT2D eigenvalue weighted by atomic mass is 32.2. The molecule has 1 heterocycles. The lowest BCUT2D eigenvalue weighted by Gasteiger charge is -2.37. The SMILES string of the molecule is CC1(C)CCCN(S(=O)(=O)c2cccc(C#CCN)c2)C1. The summed E-state index contributed by atoms with van der Waals surface area (Å²) < 4.78 is 27.1. The van der Waals surface area contributed by atoms with E-state index in [2.05, 4.69) is 25.7 Å². The Hall–Kier alpha value is -1.35. The van der Waals surface area contributed by atoms with Gasteiger partial charge in [0.05, 0.1) is 11.4 Å². The van der Waals surface area contributed by atoms with Crippen LogP contribution in [0.5, 0.6) is 0 Å². The van der Waals surface area contributed by atoms with Crippen LogP contribution < -0.4 is 5.73 Å². The summed E-state index contributed by atoms with van der Waals surface area (Å²) in [4.78, 5) is 0.309. The van der Waals surface area contributed by atoms with Crippen molar-refractivity contribution in [3.8, 4) is 11.8 Å². The van der Waals surface area contributed by atoms with Gasteiger partial charge in [-0.3, -0.25) is 0 Å². The first kappa shape index (κ1) is 16.0. The van der Waals surface area contributed by atoms with Crippen LogP contribution in [0.3, 0.4) is 0 Å². The smallest absolute Gasteiger partial charge is 0.243 e. The van der Waals surface area contributed by atoms with Crippen LogP contribution in [0, 0.1) is 17.3 Å². The summed E-state index contributed by atoms with van der Waals surface area (Å²) in [5.74, 6) is 5.62. The van der Waals surface area contributed by atoms with Gasteiger partial charge in [-0.05, 0) is 36.5 Å². The van der Waals surface area contributed by atoms with Crippen LogP contribution >= 0.6 is 0 Å². The van der Waals surface area contributed by atoms with E-state index >= 15 is 0 Å². The monoisotopic (exact) mass is 306 g/mol. The Bertz CT molecular complexity index is 669. The standard InChI is InChI=1S/C16H22N2O2S/c1-16(2)9-5-11-18(13-16)21(19,20)15-8-3-6-14(12-15)7-4-10-17/h3,6,8,12H,5,9-11,13,17H2,1-2H3. The Kier molecular flexibility index (Phi) is 4.72. The third-order valence-corrected chi connectivity index (χ3v) is 5.51. The van der Waals surface area contributed by atoms with E-state index in [1.807, 2.05) is 0 Å². The zero-order chi connectivity index (χ0) is 15.5. The summed E-state index contributed by atoms with van der Waals surface area (Å²) in [6.07, 6.45) is 1.96. The van der Waals surface area contributed by atoms with Crippen molar-refractivity contribution in [3.63, 3.8) is 0 Å². The third kappa shape index (κ3) is 3.85. The second-order valence-corrected chi connectivity index (χ2v) is 8.08. The molecule has 1 saturated heterocycles. The molecule has 1 fully saturated rings. The van der Waals surface area contributed by atoms with Gasteiger partial charge in [-0.25, -0.2) is 8.42 Å².